The second-order valence-electron chi connectivity index (χ2n) is 5.47. The number of anilines is 2. The molecule has 0 unspecified atom stereocenters. The highest BCUT2D eigenvalue weighted by Gasteiger charge is 2.19. The average molecular weight is 362 g/mol. The summed E-state index contributed by atoms with van der Waals surface area (Å²) in [5, 5.41) is 1.74. The van der Waals surface area contributed by atoms with Gasteiger partial charge < -0.3 is 4.90 Å². The molecule has 124 valence electrons. The molecule has 0 amide bonds. The number of sulfonamides is 1. The first-order valence-electron chi connectivity index (χ1n) is 7.23. The molecular formula is C17H16ClN3O2S. The Balaban J connectivity index is 2.13. The summed E-state index contributed by atoms with van der Waals surface area (Å²) >= 11 is 5.82. The molecular weight excluding hydrogens is 346 g/mol. The lowest BCUT2D eigenvalue weighted by Gasteiger charge is -2.17. The Morgan fingerprint density at radius 3 is 2.33 bits per heavy atom. The summed E-state index contributed by atoms with van der Waals surface area (Å²) in [5.74, 6) is 0.184. The summed E-state index contributed by atoms with van der Waals surface area (Å²) < 4.78 is 28.1. The Morgan fingerprint density at radius 1 is 0.958 bits per heavy atom. The van der Waals surface area contributed by atoms with Crippen molar-refractivity contribution in [2.24, 2.45) is 0 Å². The van der Waals surface area contributed by atoms with Crippen molar-refractivity contribution in [3.05, 3.63) is 59.8 Å². The van der Waals surface area contributed by atoms with Crippen LogP contribution in [0.5, 0.6) is 0 Å². The fraction of sp³-hybridized carbons (Fsp3) is 0.118. The van der Waals surface area contributed by atoms with Crippen molar-refractivity contribution < 1.29 is 8.42 Å². The fourth-order valence-corrected chi connectivity index (χ4v) is 3.93. The van der Waals surface area contributed by atoms with E-state index in [2.05, 4.69) is 9.71 Å². The van der Waals surface area contributed by atoms with Crippen LogP contribution in [-0.2, 0) is 10.0 Å². The maximum Gasteiger partial charge on any atom is 0.263 e. The van der Waals surface area contributed by atoms with E-state index in [1.54, 1.807) is 36.4 Å². The molecule has 0 saturated carbocycles. The van der Waals surface area contributed by atoms with Crippen LogP contribution in [0.15, 0.2) is 59.5 Å². The van der Waals surface area contributed by atoms with Crippen LogP contribution in [0.1, 0.15) is 0 Å². The van der Waals surface area contributed by atoms with E-state index in [4.69, 9.17) is 11.6 Å². The molecule has 24 heavy (non-hydrogen) atoms. The minimum atomic E-state index is -3.79. The molecule has 0 saturated heterocycles. The van der Waals surface area contributed by atoms with Gasteiger partial charge in [-0.1, -0.05) is 41.9 Å². The van der Waals surface area contributed by atoms with E-state index in [-0.39, 0.29) is 15.9 Å². The van der Waals surface area contributed by atoms with Gasteiger partial charge in [0.25, 0.3) is 10.0 Å². The topological polar surface area (TPSA) is 62.3 Å². The minimum absolute atomic E-state index is 0.184. The number of hydrogen-bond acceptors (Lipinski definition) is 4. The van der Waals surface area contributed by atoms with Gasteiger partial charge >= 0.3 is 0 Å². The third kappa shape index (κ3) is 3.16. The molecule has 5 nitrogen and oxygen atoms in total. The summed E-state index contributed by atoms with van der Waals surface area (Å²) in [6.45, 7) is 0. The average Bonchev–Trinajstić information content (AvgIpc) is 2.53. The lowest BCUT2D eigenvalue weighted by molar-refractivity contribution is 0.602. The lowest BCUT2D eigenvalue weighted by atomic mass is 10.1. The van der Waals surface area contributed by atoms with Gasteiger partial charge in [-0.05, 0) is 24.3 Å². The summed E-state index contributed by atoms with van der Waals surface area (Å²) in [6.07, 6.45) is 0. The molecule has 0 radical (unpaired) electrons. The quantitative estimate of drug-likeness (QED) is 0.719. The van der Waals surface area contributed by atoms with Gasteiger partial charge in [-0.3, -0.25) is 4.72 Å². The summed E-state index contributed by atoms with van der Waals surface area (Å²) in [6, 6.07) is 15.6. The first-order chi connectivity index (χ1) is 11.4. The number of nitrogens with zero attached hydrogens (tertiary/aromatic N) is 2. The Kier molecular flexibility index (Phi) is 4.34. The zero-order chi connectivity index (χ0) is 17.3. The van der Waals surface area contributed by atoms with Gasteiger partial charge in [-0.25, -0.2) is 13.4 Å². The van der Waals surface area contributed by atoms with Crippen LogP contribution in [0.2, 0.25) is 5.15 Å². The normalized spacial score (nSPS) is 11.5. The van der Waals surface area contributed by atoms with Crippen molar-refractivity contribution in [3.8, 4) is 0 Å². The van der Waals surface area contributed by atoms with Crippen LogP contribution >= 0.6 is 11.6 Å². The van der Waals surface area contributed by atoms with Crippen LogP contribution < -0.4 is 9.62 Å². The molecule has 1 aromatic heterocycles. The first-order valence-corrected chi connectivity index (χ1v) is 9.09. The second-order valence-corrected chi connectivity index (χ2v) is 7.51. The van der Waals surface area contributed by atoms with Crippen molar-refractivity contribution >= 4 is 43.9 Å². The third-order valence-electron chi connectivity index (χ3n) is 3.58. The van der Waals surface area contributed by atoms with Gasteiger partial charge in [0.15, 0.2) is 0 Å². The lowest BCUT2D eigenvalue weighted by Crippen LogP contribution is -2.15. The van der Waals surface area contributed by atoms with Gasteiger partial charge in [0, 0.05) is 30.6 Å². The molecule has 0 spiro atoms. The highest BCUT2D eigenvalue weighted by Crippen LogP contribution is 2.30. The molecule has 1 heterocycles. The monoisotopic (exact) mass is 361 g/mol. The van der Waals surface area contributed by atoms with Crippen molar-refractivity contribution in [1.29, 1.82) is 0 Å². The van der Waals surface area contributed by atoms with Gasteiger partial charge in [0.2, 0.25) is 0 Å². The number of fused-ring (bicyclic) bond motifs is 1. The molecule has 0 aliphatic heterocycles. The van der Waals surface area contributed by atoms with E-state index in [1.165, 1.54) is 0 Å². The number of rotatable bonds is 4. The van der Waals surface area contributed by atoms with Crippen molar-refractivity contribution in [2.75, 3.05) is 23.7 Å². The molecule has 7 heteroatoms. The SMILES string of the molecule is CN(C)c1cccc2c(S(=O)(=O)Nc3cccc(Cl)n3)cccc12. The van der Waals surface area contributed by atoms with Crippen LogP contribution in [0.4, 0.5) is 11.5 Å². The minimum Gasteiger partial charge on any atom is -0.377 e. The van der Waals surface area contributed by atoms with Gasteiger partial charge in [-0.15, -0.1) is 0 Å². The maximum atomic E-state index is 12.8. The molecule has 0 atom stereocenters. The van der Waals surface area contributed by atoms with E-state index in [9.17, 15) is 8.42 Å². The van der Waals surface area contributed by atoms with Crippen molar-refractivity contribution in [1.82, 2.24) is 4.98 Å². The maximum absolute atomic E-state index is 12.8. The van der Waals surface area contributed by atoms with Crippen molar-refractivity contribution in [2.45, 2.75) is 4.90 Å². The zero-order valence-electron chi connectivity index (χ0n) is 13.2. The summed E-state index contributed by atoms with van der Waals surface area (Å²) in [7, 11) is 0.0526. The standard InChI is InChI=1S/C17H16ClN3O2S/c1-21(2)14-8-3-7-13-12(14)6-4-9-15(13)24(22,23)20-17-11-5-10-16(18)19-17/h3-11H,1-2H3,(H,19,20). The van der Waals surface area contributed by atoms with Gasteiger partial charge in [0.05, 0.1) is 4.90 Å². The predicted molar refractivity (Wildman–Crippen MR) is 98.3 cm³/mol. The first kappa shape index (κ1) is 16.5. The molecule has 0 aliphatic rings. The Morgan fingerprint density at radius 2 is 1.62 bits per heavy atom. The molecule has 2 aromatic carbocycles. The predicted octanol–water partition coefficient (Wildman–Crippen LogP) is 3.76. The van der Waals surface area contributed by atoms with E-state index in [0.29, 0.717) is 5.39 Å². The van der Waals surface area contributed by atoms with Crippen molar-refractivity contribution in [3.63, 3.8) is 0 Å². The molecule has 0 bridgehead atoms. The molecule has 0 aliphatic carbocycles. The Hall–Kier alpha value is -2.31. The van der Waals surface area contributed by atoms with Crippen LogP contribution in [0.3, 0.4) is 0 Å². The third-order valence-corrected chi connectivity index (χ3v) is 5.21. The molecule has 1 N–H and O–H groups in total. The van der Waals surface area contributed by atoms with Gasteiger partial charge in [-0.2, -0.15) is 0 Å². The van der Waals surface area contributed by atoms with E-state index in [0.717, 1.165) is 11.1 Å². The smallest absolute Gasteiger partial charge is 0.263 e. The summed E-state index contributed by atoms with van der Waals surface area (Å²) in [4.78, 5) is 6.13. The highest BCUT2D eigenvalue weighted by atomic mass is 35.5. The number of nitrogens with one attached hydrogen (secondary N) is 1. The van der Waals surface area contributed by atoms with E-state index in [1.807, 2.05) is 37.2 Å². The molecule has 0 fully saturated rings. The Bertz CT molecular complexity index is 1000. The van der Waals surface area contributed by atoms with Crippen LogP contribution in [0, 0.1) is 0 Å². The Labute approximate surface area is 145 Å². The largest absolute Gasteiger partial charge is 0.377 e. The molecule has 3 aromatic rings. The van der Waals surface area contributed by atoms with Crippen LogP contribution in [0.25, 0.3) is 10.8 Å². The summed E-state index contributed by atoms with van der Waals surface area (Å²) in [5.41, 5.74) is 0.949. The van der Waals surface area contributed by atoms with Gasteiger partial charge in [0.1, 0.15) is 11.0 Å². The van der Waals surface area contributed by atoms with E-state index >= 15 is 0 Å². The van der Waals surface area contributed by atoms with E-state index < -0.39 is 10.0 Å². The highest BCUT2D eigenvalue weighted by molar-refractivity contribution is 7.93. The zero-order valence-corrected chi connectivity index (χ0v) is 14.8. The number of hydrogen-bond donors (Lipinski definition) is 1. The number of pyridine rings is 1. The van der Waals surface area contributed by atoms with Crippen LogP contribution in [-0.4, -0.2) is 27.5 Å². The molecule has 3 rings (SSSR count). The number of aromatic nitrogens is 1. The number of benzene rings is 2. The second kappa shape index (κ2) is 6.30. The number of halogens is 1. The fourth-order valence-electron chi connectivity index (χ4n) is 2.55.